The van der Waals surface area contributed by atoms with Crippen LogP contribution in [0.4, 0.5) is 4.79 Å². The van der Waals surface area contributed by atoms with Crippen molar-refractivity contribution in [2.24, 2.45) is 0 Å². The number of amides is 1. The van der Waals surface area contributed by atoms with Gasteiger partial charge in [0.2, 0.25) is 0 Å². The summed E-state index contributed by atoms with van der Waals surface area (Å²) in [7, 11) is 1.54. The highest BCUT2D eigenvalue weighted by molar-refractivity contribution is 9.10. The van der Waals surface area contributed by atoms with Crippen molar-refractivity contribution in [3.05, 3.63) is 46.4 Å². The maximum atomic E-state index is 11.1. The van der Waals surface area contributed by atoms with Crippen molar-refractivity contribution in [2.45, 2.75) is 6.61 Å². The lowest BCUT2D eigenvalue weighted by Gasteiger charge is -2.09. The van der Waals surface area contributed by atoms with E-state index < -0.39 is 6.09 Å². The molecule has 0 aliphatic rings. The van der Waals surface area contributed by atoms with Gasteiger partial charge in [-0.05, 0) is 17.0 Å². The monoisotopic (exact) mass is 293 g/mol. The Morgan fingerprint density at radius 3 is 2.71 bits per heavy atom. The first-order valence-electron chi connectivity index (χ1n) is 5.23. The van der Waals surface area contributed by atoms with Crippen LogP contribution in [-0.2, 0) is 11.3 Å². The molecule has 88 valence electrons. The lowest BCUT2D eigenvalue weighted by atomic mass is 10.1. The Morgan fingerprint density at radius 1 is 1.29 bits per heavy atom. The van der Waals surface area contributed by atoms with Crippen molar-refractivity contribution >= 4 is 32.8 Å². The van der Waals surface area contributed by atoms with Crippen LogP contribution in [-0.4, -0.2) is 13.1 Å². The molecule has 0 bridgehead atoms. The Labute approximate surface area is 108 Å². The molecule has 0 aliphatic heterocycles. The van der Waals surface area contributed by atoms with E-state index in [1.807, 2.05) is 36.4 Å². The molecule has 2 rings (SSSR count). The minimum absolute atomic E-state index is 0.264. The molecule has 0 fully saturated rings. The maximum Gasteiger partial charge on any atom is 0.407 e. The van der Waals surface area contributed by atoms with Gasteiger partial charge in [0.05, 0.1) is 0 Å². The predicted molar refractivity (Wildman–Crippen MR) is 70.9 cm³/mol. The topological polar surface area (TPSA) is 38.3 Å². The van der Waals surface area contributed by atoms with E-state index in [0.29, 0.717) is 0 Å². The summed E-state index contributed by atoms with van der Waals surface area (Å²) in [6.45, 7) is 0.264. The molecular weight excluding hydrogens is 282 g/mol. The molecule has 2 aromatic carbocycles. The molecule has 0 saturated heterocycles. The average molecular weight is 294 g/mol. The number of hydrogen-bond donors (Lipinski definition) is 1. The Hall–Kier alpha value is -1.55. The number of hydrogen-bond acceptors (Lipinski definition) is 2. The van der Waals surface area contributed by atoms with Crippen LogP contribution in [0.2, 0.25) is 0 Å². The van der Waals surface area contributed by atoms with Crippen LogP contribution in [0.1, 0.15) is 5.56 Å². The first kappa shape index (κ1) is 11.9. The fourth-order valence-electron chi connectivity index (χ4n) is 1.71. The molecule has 0 aliphatic carbocycles. The molecule has 0 saturated carbocycles. The van der Waals surface area contributed by atoms with Crippen molar-refractivity contribution in [3.8, 4) is 0 Å². The smallest absolute Gasteiger partial charge is 0.407 e. The summed E-state index contributed by atoms with van der Waals surface area (Å²) in [6, 6.07) is 11.9. The number of carbonyl (C=O) groups is 1. The number of carbonyl (C=O) groups excluding carboxylic acids is 1. The summed E-state index contributed by atoms with van der Waals surface area (Å²) in [6.07, 6.45) is -0.422. The van der Waals surface area contributed by atoms with E-state index in [2.05, 4.69) is 21.2 Å². The Balaban J connectivity index is 2.37. The summed E-state index contributed by atoms with van der Waals surface area (Å²) in [5.74, 6) is 0. The van der Waals surface area contributed by atoms with Crippen LogP contribution >= 0.6 is 15.9 Å². The third-order valence-electron chi connectivity index (χ3n) is 2.50. The van der Waals surface area contributed by atoms with E-state index in [1.165, 1.54) is 0 Å². The number of alkyl carbamates (subject to hydrolysis) is 1. The van der Waals surface area contributed by atoms with Crippen LogP contribution < -0.4 is 5.32 Å². The van der Waals surface area contributed by atoms with E-state index in [4.69, 9.17) is 4.74 Å². The minimum atomic E-state index is -0.422. The zero-order chi connectivity index (χ0) is 12.3. The van der Waals surface area contributed by atoms with Crippen molar-refractivity contribution in [2.75, 3.05) is 7.05 Å². The third kappa shape index (κ3) is 2.58. The van der Waals surface area contributed by atoms with Gasteiger partial charge in [-0.1, -0.05) is 46.3 Å². The van der Waals surface area contributed by atoms with Gasteiger partial charge in [0, 0.05) is 16.9 Å². The van der Waals surface area contributed by atoms with Gasteiger partial charge in [0.15, 0.2) is 0 Å². The molecule has 4 heteroatoms. The molecule has 0 heterocycles. The molecule has 17 heavy (non-hydrogen) atoms. The van der Waals surface area contributed by atoms with Crippen molar-refractivity contribution in [3.63, 3.8) is 0 Å². The van der Waals surface area contributed by atoms with Crippen molar-refractivity contribution < 1.29 is 9.53 Å². The lowest BCUT2D eigenvalue weighted by molar-refractivity contribution is 0.142. The van der Waals surface area contributed by atoms with Gasteiger partial charge in [-0.25, -0.2) is 4.79 Å². The van der Waals surface area contributed by atoms with Crippen LogP contribution in [0.3, 0.4) is 0 Å². The first-order valence-corrected chi connectivity index (χ1v) is 6.02. The minimum Gasteiger partial charge on any atom is -0.445 e. The Morgan fingerprint density at radius 2 is 2.00 bits per heavy atom. The lowest BCUT2D eigenvalue weighted by Crippen LogP contribution is -2.18. The molecule has 0 atom stereocenters. The molecule has 0 unspecified atom stereocenters. The van der Waals surface area contributed by atoms with E-state index in [0.717, 1.165) is 20.8 Å². The SMILES string of the molecule is CNC(=O)OCc1cccc2cccc(Br)c12. The number of halogens is 1. The standard InChI is InChI=1S/C13H12BrNO2/c1-15-13(16)17-8-10-6-2-4-9-5-3-7-11(14)12(9)10/h2-7H,8H2,1H3,(H,15,16). The second kappa shape index (κ2) is 5.19. The summed E-state index contributed by atoms with van der Waals surface area (Å²) >= 11 is 3.52. The van der Waals surface area contributed by atoms with E-state index in [9.17, 15) is 4.79 Å². The predicted octanol–water partition coefficient (Wildman–Crippen LogP) is 3.46. The van der Waals surface area contributed by atoms with Gasteiger partial charge in [0.25, 0.3) is 0 Å². The van der Waals surface area contributed by atoms with Gasteiger partial charge < -0.3 is 10.1 Å². The second-order valence-corrected chi connectivity index (χ2v) is 4.44. The summed E-state index contributed by atoms with van der Waals surface area (Å²) in [5.41, 5.74) is 0.985. The van der Waals surface area contributed by atoms with Gasteiger partial charge in [0.1, 0.15) is 6.61 Å². The normalized spacial score (nSPS) is 10.2. The highest BCUT2D eigenvalue weighted by Crippen LogP contribution is 2.27. The molecule has 1 amide bonds. The van der Waals surface area contributed by atoms with E-state index in [1.54, 1.807) is 7.05 Å². The molecule has 1 N–H and O–H groups in total. The number of fused-ring (bicyclic) bond motifs is 1. The van der Waals surface area contributed by atoms with E-state index in [-0.39, 0.29) is 6.61 Å². The number of nitrogens with one attached hydrogen (secondary N) is 1. The van der Waals surface area contributed by atoms with Gasteiger partial charge in [-0.2, -0.15) is 0 Å². The number of benzene rings is 2. The number of ether oxygens (including phenoxy) is 1. The average Bonchev–Trinajstić information content (AvgIpc) is 2.36. The summed E-state index contributed by atoms with van der Waals surface area (Å²) < 4.78 is 6.08. The first-order chi connectivity index (χ1) is 8.22. The second-order valence-electron chi connectivity index (χ2n) is 3.58. The van der Waals surface area contributed by atoms with Gasteiger partial charge in [-0.15, -0.1) is 0 Å². The van der Waals surface area contributed by atoms with Crippen LogP contribution in [0, 0.1) is 0 Å². The molecule has 0 aromatic heterocycles. The molecule has 0 spiro atoms. The van der Waals surface area contributed by atoms with Crippen LogP contribution in [0.25, 0.3) is 10.8 Å². The van der Waals surface area contributed by atoms with Gasteiger partial charge in [-0.3, -0.25) is 0 Å². The van der Waals surface area contributed by atoms with Gasteiger partial charge >= 0.3 is 6.09 Å². The fraction of sp³-hybridized carbons (Fsp3) is 0.154. The third-order valence-corrected chi connectivity index (χ3v) is 3.16. The highest BCUT2D eigenvalue weighted by atomic mass is 79.9. The van der Waals surface area contributed by atoms with Crippen molar-refractivity contribution in [1.29, 1.82) is 0 Å². The molecule has 2 aromatic rings. The fourth-order valence-corrected chi connectivity index (χ4v) is 2.34. The molecule has 3 nitrogen and oxygen atoms in total. The van der Waals surface area contributed by atoms with Crippen LogP contribution in [0.5, 0.6) is 0 Å². The Kier molecular flexibility index (Phi) is 3.64. The van der Waals surface area contributed by atoms with E-state index >= 15 is 0 Å². The molecular formula is C13H12BrNO2. The maximum absolute atomic E-state index is 11.1. The summed E-state index contributed by atoms with van der Waals surface area (Å²) in [4.78, 5) is 11.1. The highest BCUT2D eigenvalue weighted by Gasteiger charge is 2.06. The quantitative estimate of drug-likeness (QED) is 0.921. The summed E-state index contributed by atoms with van der Waals surface area (Å²) in [5, 5.41) is 4.63. The zero-order valence-electron chi connectivity index (χ0n) is 9.37. The number of rotatable bonds is 2. The largest absolute Gasteiger partial charge is 0.445 e. The zero-order valence-corrected chi connectivity index (χ0v) is 11.0. The van der Waals surface area contributed by atoms with Crippen LogP contribution in [0.15, 0.2) is 40.9 Å². The molecule has 0 radical (unpaired) electrons. The van der Waals surface area contributed by atoms with Crippen molar-refractivity contribution in [1.82, 2.24) is 5.32 Å². The Bertz CT molecular complexity index is 549.